The number of piperidine rings is 1. The highest BCUT2D eigenvalue weighted by Crippen LogP contribution is 2.59. The van der Waals surface area contributed by atoms with Crippen molar-refractivity contribution in [3.8, 4) is 0 Å². The molecule has 0 unspecified atom stereocenters. The van der Waals surface area contributed by atoms with Crippen LogP contribution in [0.3, 0.4) is 0 Å². The largest absolute Gasteiger partial charge is 0.353 e. The minimum atomic E-state index is -0.249. The maximum absolute atomic E-state index is 12.7. The lowest BCUT2D eigenvalue weighted by atomic mass is 9.91. The molecule has 0 aromatic heterocycles. The van der Waals surface area contributed by atoms with Gasteiger partial charge in [-0.05, 0) is 44.2 Å². The molecule has 2 N–H and O–H groups in total. The predicted molar refractivity (Wildman–Crippen MR) is 71.4 cm³/mol. The normalized spacial score (nSPS) is 33.1. The van der Waals surface area contributed by atoms with Gasteiger partial charge in [0.25, 0.3) is 0 Å². The van der Waals surface area contributed by atoms with Crippen molar-refractivity contribution in [2.45, 2.75) is 38.6 Å². The fourth-order valence-electron chi connectivity index (χ4n) is 3.76. The Morgan fingerprint density at radius 2 is 2.11 bits per heavy atom. The van der Waals surface area contributed by atoms with E-state index in [1.807, 2.05) is 11.8 Å². The summed E-state index contributed by atoms with van der Waals surface area (Å²) in [7, 11) is 0. The van der Waals surface area contributed by atoms with Gasteiger partial charge >= 0.3 is 0 Å². The van der Waals surface area contributed by atoms with E-state index in [1.165, 1.54) is 0 Å². The molecule has 0 radical (unpaired) electrons. The van der Waals surface area contributed by atoms with E-state index in [1.54, 1.807) is 0 Å². The Bertz CT molecular complexity index is 390. The standard InChI is InChI=1S/C14H23N3O2/c1-2-11-12(18)16-7-8-17(11)13(19)10-9-14(10)3-5-15-6-4-14/h10-11,15H,2-9H2,1H3,(H,16,18)/t10-,11+/m1/s1. The molecule has 0 bridgehead atoms. The SMILES string of the molecule is CC[C@H]1C(=O)NCCN1C(=O)[C@H]1CC12CCNCC2. The van der Waals surface area contributed by atoms with Gasteiger partial charge in [0.2, 0.25) is 11.8 Å². The smallest absolute Gasteiger partial charge is 0.242 e. The zero-order valence-electron chi connectivity index (χ0n) is 11.6. The Morgan fingerprint density at radius 1 is 1.37 bits per heavy atom. The van der Waals surface area contributed by atoms with Crippen LogP contribution in [0.4, 0.5) is 0 Å². The van der Waals surface area contributed by atoms with Gasteiger partial charge in [-0.3, -0.25) is 9.59 Å². The second-order valence-corrected chi connectivity index (χ2v) is 6.12. The lowest BCUT2D eigenvalue weighted by Crippen LogP contribution is -2.57. The number of hydrogen-bond donors (Lipinski definition) is 2. The molecule has 2 heterocycles. The van der Waals surface area contributed by atoms with Crippen molar-refractivity contribution in [2.75, 3.05) is 26.2 Å². The molecule has 5 heteroatoms. The monoisotopic (exact) mass is 265 g/mol. The van der Waals surface area contributed by atoms with Gasteiger partial charge in [0.05, 0.1) is 0 Å². The van der Waals surface area contributed by atoms with Crippen molar-refractivity contribution in [2.24, 2.45) is 11.3 Å². The fraction of sp³-hybridized carbons (Fsp3) is 0.857. The highest BCUT2D eigenvalue weighted by molar-refractivity contribution is 5.91. The molecule has 3 fully saturated rings. The van der Waals surface area contributed by atoms with Crippen LogP contribution in [0.15, 0.2) is 0 Å². The first-order chi connectivity index (χ1) is 9.18. The van der Waals surface area contributed by atoms with Crippen LogP contribution < -0.4 is 10.6 Å². The van der Waals surface area contributed by atoms with Crippen LogP contribution in [-0.4, -0.2) is 48.9 Å². The summed E-state index contributed by atoms with van der Waals surface area (Å²) < 4.78 is 0. The van der Waals surface area contributed by atoms with Crippen molar-refractivity contribution >= 4 is 11.8 Å². The third-order valence-corrected chi connectivity index (χ3v) is 5.09. The average molecular weight is 265 g/mol. The number of amides is 2. The van der Waals surface area contributed by atoms with E-state index in [0.29, 0.717) is 19.5 Å². The third kappa shape index (κ3) is 2.14. The summed E-state index contributed by atoms with van der Waals surface area (Å²) in [5.41, 5.74) is 0.258. The highest BCUT2D eigenvalue weighted by atomic mass is 16.2. The topological polar surface area (TPSA) is 61.4 Å². The molecule has 2 amide bonds. The van der Waals surface area contributed by atoms with Crippen molar-refractivity contribution in [1.82, 2.24) is 15.5 Å². The van der Waals surface area contributed by atoms with E-state index in [4.69, 9.17) is 0 Å². The molecule has 2 atom stereocenters. The summed E-state index contributed by atoms with van der Waals surface area (Å²) in [5, 5.41) is 6.21. The van der Waals surface area contributed by atoms with Crippen LogP contribution in [0.2, 0.25) is 0 Å². The first-order valence-electron chi connectivity index (χ1n) is 7.47. The summed E-state index contributed by atoms with van der Waals surface area (Å²) in [6.07, 6.45) is 3.96. The first kappa shape index (κ1) is 12.9. The van der Waals surface area contributed by atoms with Crippen molar-refractivity contribution in [1.29, 1.82) is 0 Å². The molecule has 5 nitrogen and oxygen atoms in total. The molecule has 1 aliphatic carbocycles. The average Bonchev–Trinajstić information content (AvgIpc) is 3.12. The summed E-state index contributed by atoms with van der Waals surface area (Å²) in [6.45, 7) is 5.31. The van der Waals surface area contributed by atoms with Gasteiger partial charge in [0, 0.05) is 19.0 Å². The van der Waals surface area contributed by atoms with Crippen molar-refractivity contribution < 1.29 is 9.59 Å². The maximum atomic E-state index is 12.7. The molecule has 106 valence electrons. The quantitative estimate of drug-likeness (QED) is 0.745. The van der Waals surface area contributed by atoms with E-state index in [0.717, 1.165) is 32.4 Å². The van der Waals surface area contributed by atoms with Crippen LogP contribution in [0.25, 0.3) is 0 Å². The van der Waals surface area contributed by atoms with Gasteiger partial charge in [-0.25, -0.2) is 0 Å². The Labute approximate surface area is 114 Å². The van der Waals surface area contributed by atoms with E-state index in [2.05, 4.69) is 10.6 Å². The lowest BCUT2D eigenvalue weighted by molar-refractivity contribution is -0.145. The number of rotatable bonds is 2. The van der Waals surface area contributed by atoms with Crippen LogP contribution in [0, 0.1) is 11.3 Å². The molecule has 3 aliphatic rings. The molecular weight excluding hydrogens is 242 g/mol. The van der Waals surface area contributed by atoms with Gasteiger partial charge < -0.3 is 15.5 Å². The molecule has 3 rings (SSSR count). The Hall–Kier alpha value is -1.10. The Kier molecular flexibility index (Phi) is 3.25. The predicted octanol–water partition coefficient (Wildman–Crippen LogP) is 0.113. The summed E-state index contributed by atoms with van der Waals surface area (Å²) >= 11 is 0. The van der Waals surface area contributed by atoms with E-state index >= 15 is 0 Å². The number of nitrogens with zero attached hydrogens (tertiary/aromatic N) is 1. The fourth-order valence-corrected chi connectivity index (χ4v) is 3.76. The van der Waals surface area contributed by atoms with Crippen LogP contribution in [0.5, 0.6) is 0 Å². The summed E-state index contributed by atoms with van der Waals surface area (Å²) in [6, 6.07) is -0.249. The lowest BCUT2D eigenvalue weighted by Gasteiger charge is -2.35. The molecular formula is C14H23N3O2. The number of carbonyl (C=O) groups is 2. The zero-order valence-corrected chi connectivity index (χ0v) is 11.6. The van der Waals surface area contributed by atoms with Crippen molar-refractivity contribution in [3.63, 3.8) is 0 Å². The van der Waals surface area contributed by atoms with E-state index in [-0.39, 0.29) is 29.2 Å². The molecule has 0 aromatic carbocycles. The maximum Gasteiger partial charge on any atom is 0.242 e. The van der Waals surface area contributed by atoms with E-state index < -0.39 is 0 Å². The molecule has 19 heavy (non-hydrogen) atoms. The van der Waals surface area contributed by atoms with Gasteiger partial charge in [0.1, 0.15) is 6.04 Å². The van der Waals surface area contributed by atoms with Gasteiger partial charge in [-0.15, -0.1) is 0 Å². The number of carbonyl (C=O) groups excluding carboxylic acids is 2. The number of nitrogens with one attached hydrogen (secondary N) is 2. The molecule has 2 saturated heterocycles. The third-order valence-electron chi connectivity index (χ3n) is 5.09. The molecule has 1 saturated carbocycles. The second kappa shape index (κ2) is 4.78. The van der Waals surface area contributed by atoms with Gasteiger partial charge in [-0.1, -0.05) is 6.92 Å². The first-order valence-corrected chi connectivity index (χ1v) is 7.47. The second-order valence-electron chi connectivity index (χ2n) is 6.12. The molecule has 2 aliphatic heterocycles. The number of hydrogen-bond acceptors (Lipinski definition) is 3. The zero-order chi connectivity index (χ0) is 13.5. The van der Waals surface area contributed by atoms with E-state index in [9.17, 15) is 9.59 Å². The van der Waals surface area contributed by atoms with Gasteiger partial charge in [0.15, 0.2) is 0 Å². The summed E-state index contributed by atoms with van der Waals surface area (Å²) in [4.78, 5) is 26.3. The van der Waals surface area contributed by atoms with Gasteiger partial charge in [-0.2, -0.15) is 0 Å². The van der Waals surface area contributed by atoms with Crippen LogP contribution >= 0.6 is 0 Å². The van der Waals surface area contributed by atoms with Crippen molar-refractivity contribution in [3.05, 3.63) is 0 Å². The van der Waals surface area contributed by atoms with Crippen LogP contribution in [-0.2, 0) is 9.59 Å². The Morgan fingerprint density at radius 3 is 2.79 bits per heavy atom. The minimum Gasteiger partial charge on any atom is -0.353 e. The molecule has 0 aromatic rings. The van der Waals surface area contributed by atoms with Crippen LogP contribution in [0.1, 0.15) is 32.6 Å². The minimum absolute atomic E-state index is 0.0158. The molecule has 1 spiro atoms. The summed E-state index contributed by atoms with van der Waals surface area (Å²) in [5.74, 6) is 0.417. The highest BCUT2D eigenvalue weighted by Gasteiger charge is 2.59. The Balaban J connectivity index is 1.68. The number of piperazine rings is 1.